The van der Waals surface area contributed by atoms with E-state index < -0.39 is 35.6 Å². The van der Waals surface area contributed by atoms with Crippen molar-refractivity contribution in [1.29, 1.82) is 5.26 Å². The number of anilines is 1. The number of carbonyl (C=O) groups is 1. The third kappa shape index (κ3) is 6.90. The first kappa shape index (κ1) is 25.9. The molecule has 0 radical (unpaired) electrons. The highest BCUT2D eigenvalue weighted by Crippen LogP contribution is 2.35. The monoisotopic (exact) mass is 502 g/mol. The highest BCUT2D eigenvalue weighted by atomic mass is 35.5. The van der Waals surface area contributed by atoms with Crippen LogP contribution < -0.4 is 10.1 Å². The molecule has 0 amide bonds. The van der Waals surface area contributed by atoms with E-state index in [1.165, 1.54) is 0 Å². The molecule has 0 saturated carbocycles. The standard InChI is InChI=1S/C26H22ClF3N2O3/c1-16(24(25(33)34)32-23-11-10-19(14-22(23)27)26(28,29)30)18(15-31)12-17-6-5-9-21(13-17)35-20-7-3-2-4-8-20/h2-11,13-14,16,18,24,32H,12H2,1H3,(H,33,34). The Morgan fingerprint density at radius 2 is 1.77 bits per heavy atom. The van der Waals surface area contributed by atoms with Gasteiger partial charge in [0.05, 0.1) is 28.3 Å². The summed E-state index contributed by atoms with van der Waals surface area (Å²) < 4.78 is 44.6. The molecule has 0 saturated heterocycles. The Kier molecular flexibility index (Phi) is 8.26. The number of alkyl halides is 3. The fourth-order valence-corrected chi connectivity index (χ4v) is 3.83. The molecule has 5 nitrogen and oxygen atoms in total. The van der Waals surface area contributed by atoms with Gasteiger partial charge in [-0.3, -0.25) is 0 Å². The zero-order chi connectivity index (χ0) is 25.6. The van der Waals surface area contributed by atoms with E-state index in [4.69, 9.17) is 16.3 Å². The Morgan fingerprint density at radius 1 is 1.09 bits per heavy atom. The Hall–Kier alpha value is -3.70. The first-order valence-corrected chi connectivity index (χ1v) is 11.0. The maximum atomic E-state index is 12.9. The van der Waals surface area contributed by atoms with Crippen molar-refractivity contribution in [2.75, 3.05) is 5.32 Å². The predicted molar refractivity (Wildman–Crippen MR) is 126 cm³/mol. The third-order valence-corrected chi connectivity index (χ3v) is 5.85. The number of ether oxygens (including phenoxy) is 1. The highest BCUT2D eigenvalue weighted by Gasteiger charge is 2.33. The molecule has 2 N–H and O–H groups in total. The molecule has 9 heteroatoms. The molecule has 0 aliphatic heterocycles. The maximum Gasteiger partial charge on any atom is 0.416 e. The lowest BCUT2D eigenvalue weighted by Gasteiger charge is -2.26. The van der Waals surface area contributed by atoms with Crippen molar-refractivity contribution in [1.82, 2.24) is 0 Å². The molecule has 3 aromatic rings. The Balaban J connectivity index is 1.76. The maximum absolute atomic E-state index is 12.9. The van der Waals surface area contributed by atoms with Crippen molar-refractivity contribution in [3.63, 3.8) is 0 Å². The summed E-state index contributed by atoms with van der Waals surface area (Å²) in [6.07, 6.45) is -4.33. The molecule has 0 fully saturated rings. The number of benzene rings is 3. The Labute approximate surface area is 205 Å². The summed E-state index contributed by atoms with van der Waals surface area (Å²) in [5.74, 6) is -1.46. The number of halogens is 4. The van der Waals surface area contributed by atoms with Crippen LogP contribution in [0, 0.1) is 23.2 Å². The zero-order valence-corrected chi connectivity index (χ0v) is 19.3. The Bertz CT molecular complexity index is 1210. The van der Waals surface area contributed by atoms with Gasteiger partial charge in [-0.25, -0.2) is 4.79 Å². The summed E-state index contributed by atoms with van der Waals surface area (Å²) in [5, 5.41) is 22.0. The fraction of sp³-hybridized carbons (Fsp3) is 0.231. The summed E-state index contributed by atoms with van der Waals surface area (Å²) in [6, 6.07) is 19.8. The molecule has 3 unspecified atom stereocenters. The molecule has 0 aliphatic rings. The number of aliphatic carboxylic acids is 1. The normalized spacial score (nSPS) is 13.8. The van der Waals surface area contributed by atoms with Gasteiger partial charge in [0.2, 0.25) is 0 Å². The third-order valence-electron chi connectivity index (χ3n) is 5.53. The first-order valence-electron chi connectivity index (χ1n) is 10.7. The van der Waals surface area contributed by atoms with Gasteiger partial charge in [0, 0.05) is 5.92 Å². The van der Waals surface area contributed by atoms with Crippen LogP contribution in [0.3, 0.4) is 0 Å². The lowest BCUT2D eigenvalue weighted by molar-refractivity contribution is -0.139. The molecular weight excluding hydrogens is 481 g/mol. The number of rotatable bonds is 9. The summed E-state index contributed by atoms with van der Waals surface area (Å²) in [7, 11) is 0. The van der Waals surface area contributed by atoms with Gasteiger partial charge >= 0.3 is 12.1 Å². The van der Waals surface area contributed by atoms with Gasteiger partial charge in [0.1, 0.15) is 17.5 Å². The lowest BCUT2D eigenvalue weighted by atomic mass is 9.84. The van der Waals surface area contributed by atoms with E-state index in [9.17, 15) is 28.3 Å². The molecule has 0 aromatic heterocycles. The number of nitriles is 1. The van der Waals surface area contributed by atoms with Crippen LogP contribution in [0.15, 0.2) is 72.8 Å². The van der Waals surface area contributed by atoms with Gasteiger partial charge in [-0.05, 0) is 54.4 Å². The van der Waals surface area contributed by atoms with Gasteiger partial charge in [0.15, 0.2) is 0 Å². The molecule has 0 spiro atoms. The number of hydrogen-bond donors (Lipinski definition) is 2. The van der Waals surface area contributed by atoms with Crippen molar-refractivity contribution >= 4 is 23.3 Å². The van der Waals surface area contributed by atoms with Crippen LogP contribution in [-0.4, -0.2) is 17.1 Å². The van der Waals surface area contributed by atoms with E-state index in [1.807, 2.05) is 36.4 Å². The van der Waals surface area contributed by atoms with Crippen molar-refractivity contribution < 1.29 is 27.8 Å². The molecule has 0 aliphatic carbocycles. The van der Waals surface area contributed by atoms with Crippen molar-refractivity contribution in [3.05, 3.63) is 88.9 Å². The number of nitrogens with one attached hydrogen (secondary N) is 1. The average molecular weight is 503 g/mol. The smallest absolute Gasteiger partial charge is 0.416 e. The quantitative estimate of drug-likeness (QED) is 0.328. The minimum absolute atomic E-state index is 0.0360. The van der Waals surface area contributed by atoms with Gasteiger partial charge in [-0.15, -0.1) is 0 Å². The van der Waals surface area contributed by atoms with Gasteiger partial charge < -0.3 is 15.2 Å². The number of carboxylic acid groups (broad SMARTS) is 1. The number of carboxylic acids is 1. The fourth-order valence-electron chi connectivity index (χ4n) is 3.59. The summed E-state index contributed by atoms with van der Waals surface area (Å²) in [6.45, 7) is 1.60. The van der Waals surface area contributed by atoms with Gasteiger partial charge in [-0.1, -0.05) is 48.9 Å². The number of nitrogens with zero attached hydrogens (tertiary/aromatic N) is 1. The molecule has 3 rings (SSSR count). The number of para-hydroxylation sites is 1. The van der Waals surface area contributed by atoms with E-state index in [2.05, 4.69) is 11.4 Å². The van der Waals surface area contributed by atoms with Crippen LogP contribution in [0.4, 0.5) is 18.9 Å². The van der Waals surface area contributed by atoms with Crippen LogP contribution in [0.1, 0.15) is 18.1 Å². The van der Waals surface area contributed by atoms with Crippen LogP contribution in [-0.2, 0) is 17.4 Å². The molecule has 182 valence electrons. The summed E-state index contributed by atoms with van der Waals surface area (Å²) in [5.41, 5.74) is -0.136. The van der Waals surface area contributed by atoms with Crippen molar-refractivity contribution in [2.45, 2.75) is 25.6 Å². The second-order valence-corrected chi connectivity index (χ2v) is 8.42. The highest BCUT2D eigenvalue weighted by molar-refractivity contribution is 6.33. The van der Waals surface area contributed by atoms with Crippen LogP contribution in [0.25, 0.3) is 0 Å². The molecular formula is C26H22ClF3N2O3. The molecule has 3 atom stereocenters. The largest absolute Gasteiger partial charge is 0.480 e. The van der Waals surface area contributed by atoms with E-state index in [0.29, 0.717) is 11.5 Å². The SMILES string of the molecule is CC(C(C#N)Cc1cccc(Oc2ccccc2)c1)C(Nc1ccc(C(F)(F)F)cc1Cl)C(=O)O. The predicted octanol–water partition coefficient (Wildman–Crippen LogP) is 7.03. The molecule has 0 heterocycles. The van der Waals surface area contributed by atoms with Crippen molar-refractivity contribution in [3.8, 4) is 17.6 Å². The van der Waals surface area contributed by atoms with E-state index in [1.54, 1.807) is 25.1 Å². The van der Waals surface area contributed by atoms with E-state index in [0.717, 1.165) is 23.8 Å². The molecule has 3 aromatic carbocycles. The van der Waals surface area contributed by atoms with E-state index in [-0.39, 0.29) is 17.1 Å². The Morgan fingerprint density at radius 3 is 2.37 bits per heavy atom. The topological polar surface area (TPSA) is 82.3 Å². The van der Waals surface area contributed by atoms with Gasteiger partial charge in [0.25, 0.3) is 0 Å². The first-order chi connectivity index (χ1) is 16.6. The van der Waals surface area contributed by atoms with Crippen molar-refractivity contribution in [2.24, 2.45) is 11.8 Å². The van der Waals surface area contributed by atoms with Crippen LogP contribution in [0.5, 0.6) is 11.5 Å². The second kappa shape index (κ2) is 11.2. The van der Waals surface area contributed by atoms with Crippen LogP contribution in [0.2, 0.25) is 5.02 Å². The lowest BCUT2D eigenvalue weighted by Crippen LogP contribution is -2.39. The van der Waals surface area contributed by atoms with E-state index >= 15 is 0 Å². The minimum atomic E-state index is -4.58. The second-order valence-electron chi connectivity index (χ2n) is 8.01. The van der Waals surface area contributed by atoms with Gasteiger partial charge in [-0.2, -0.15) is 18.4 Å². The summed E-state index contributed by atoms with van der Waals surface area (Å²) in [4.78, 5) is 12.0. The van der Waals surface area contributed by atoms with Crippen LogP contribution >= 0.6 is 11.6 Å². The average Bonchev–Trinajstić information content (AvgIpc) is 2.81. The minimum Gasteiger partial charge on any atom is -0.480 e. The number of hydrogen-bond acceptors (Lipinski definition) is 4. The molecule has 35 heavy (non-hydrogen) atoms. The molecule has 0 bridgehead atoms. The summed E-state index contributed by atoms with van der Waals surface area (Å²) >= 11 is 5.98. The zero-order valence-electron chi connectivity index (χ0n) is 18.6.